The predicted octanol–water partition coefficient (Wildman–Crippen LogP) is 5.02. The number of carbonyl (C=O) groups excluding carboxylic acids is 1. The molecule has 32 heavy (non-hydrogen) atoms. The van der Waals surface area contributed by atoms with Gasteiger partial charge in [0.05, 0.1) is 6.20 Å². The number of unbranched alkanes of at least 4 members (excludes halogenated alkanes) is 2. The molecule has 1 heterocycles. The molecule has 2 rings (SSSR count). The summed E-state index contributed by atoms with van der Waals surface area (Å²) in [6.45, 7) is 9.42. The smallest absolute Gasteiger partial charge is 0.303 e. The van der Waals surface area contributed by atoms with E-state index in [9.17, 15) is 9.59 Å². The second-order valence-electron chi connectivity index (χ2n) is 7.96. The first kappa shape index (κ1) is 25.3. The predicted molar refractivity (Wildman–Crippen MR) is 131 cm³/mol. The maximum Gasteiger partial charge on any atom is 0.303 e. The van der Waals surface area contributed by atoms with Crippen LogP contribution in [0.25, 0.3) is 10.9 Å². The van der Waals surface area contributed by atoms with Crippen LogP contribution in [-0.2, 0) is 18.3 Å². The number of Topliss-reactive ketones (excluding diaryl/α,β-unsaturated/α-hetero) is 1. The van der Waals surface area contributed by atoms with Gasteiger partial charge in [0.1, 0.15) is 5.82 Å². The van der Waals surface area contributed by atoms with Gasteiger partial charge in [-0.1, -0.05) is 24.9 Å². The molecule has 2 aromatic rings. The lowest BCUT2D eigenvalue weighted by molar-refractivity contribution is -0.137. The summed E-state index contributed by atoms with van der Waals surface area (Å²) in [5.74, 6) is -0.575. The molecule has 1 aromatic heterocycles. The van der Waals surface area contributed by atoms with Crippen molar-refractivity contribution < 1.29 is 14.7 Å². The molecule has 0 aliphatic heterocycles. The Kier molecular flexibility index (Phi) is 9.65. The first-order valence-corrected chi connectivity index (χ1v) is 11.0. The van der Waals surface area contributed by atoms with Gasteiger partial charge in [-0.25, -0.2) is 4.99 Å². The van der Waals surface area contributed by atoms with Crippen molar-refractivity contribution in [1.29, 1.82) is 0 Å². The van der Waals surface area contributed by atoms with E-state index < -0.39 is 5.97 Å². The number of ketones is 1. The Morgan fingerprint density at radius 3 is 2.66 bits per heavy atom. The number of aromatic nitrogens is 1. The molecule has 7 nitrogen and oxygen atoms in total. The van der Waals surface area contributed by atoms with Gasteiger partial charge in [-0.3, -0.25) is 14.6 Å². The molecule has 0 aliphatic rings. The number of hydrogen-bond donors (Lipinski definition) is 2. The Balaban J connectivity index is 2.14. The second kappa shape index (κ2) is 12.2. The zero-order valence-electron chi connectivity index (χ0n) is 18.7. The number of aryl methyl sites for hydroxylation is 1. The van der Waals surface area contributed by atoms with Crippen molar-refractivity contribution in [3.63, 3.8) is 0 Å². The highest BCUT2D eigenvalue weighted by Crippen LogP contribution is 2.31. The van der Waals surface area contributed by atoms with E-state index in [0.717, 1.165) is 48.8 Å². The monoisotopic (exact) mass is 458 g/mol. The molecule has 0 saturated heterocycles. The van der Waals surface area contributed by atoms with Crippen LogP contribution >= 0.6 is 11.6 Å². The number of rotatable bonds is 14. The van der Waals surface area contributed by atoms with E-state index in [1.54, 1.807) is 6.92 Å². The highest BCUT2D eigenvalue weighted by atomic mass is 35.5. The zero-order chi connectivity index (χ0) is 23.7. The normalized spacial score (nSPS) is 12.5. The van der Waals surface area contributed by atoms with Gasteiger partial charge in [-0.05, 0) is 56.8 Å². The van der Waals surface area contributed by atoms with E-state index in [2.05, 4.69) is 33.3 Å². The molecule has 1 aromatic carbocycles. The van der Waals surface area contributed by atoms with Gasteiger partial charge < -0.3 is 15.0 Å². The highest BCUT2D eigenvalue weighted by Gasteiger charge is 2.23. The number of fused-ring (bicyclic) bond motifs is 1. The summed E-state index contributed by atoms with van der Waals surface area (Å²) in [6, 6.07) is 5.56. The third-order valence-electron chi connectivity index (χ3n) is 5.40. The molecule has 2 N–H and O–H groups in total. The number of nitrogens with one attached hydrogen (secondary N) is 1. The van der Waals surface area contributed by atoms with Crippen molar-refractivity contribution >= 4 is 47.7 Å². The van der Waals surface area contributed by atoms with Crippen molar-refractivity contribution in [3.05, 3.63) is 46.5 Å². The Morgan fingerprint density at radius 2 is 2.00 bits per heavy atom. The summed E-state index contributed by atoms with van der Waals surface area (Å²) in [4.78, 5) is 31.7. The quantitative estimate of drug-likeness (QED) is 0.236. The van der Waals surface area contributed by atoms with Crippen LogP contribution in [0.4, 0.5) is 0 Å². The lowest BCUT2D eigenvalue weighted by atomic mass is 9.94. The number of carbonyl (C=O) groups is 2. The molecule has 0 unspecified atom stereocenters. The molecule has 0 fully saturated rings. The minimum Gasteiger partial charge on any atom is -0.481 e. The highest BCUT2D eigenvalue weighted by molar-refractivity contribution is 6.31. The Bertz CT molecular complexity index is 1030. The van der Waals surface area contributed by atoms with Crippen molar-refractivity contribution in [2.75, 3.05) is 6.54 Å². The number of carboxylic acids is 1. The second-order valence-corrected chi connectivity index (χ2v) is 8.40. The average Bonchev–Trinajstić information content (AvgIpc) is 2.99. The zero-order valence-corrected chi connectivity index (χ0v) is 19.5. The number of halogens is 1. The van der Waals surface area contributed by atoms with Gasteiger partial charge >= 0.3 is 5.97 Å². The summed E-state index contributed by atoms with van der Waals surface area (Å²) in [5.41, 5.74) is 2.58. The van der Waals surface area contributed by atoms with Crippen LogP contribution in [0.2, 0.25) is 5.02 Å². The number of hydrogen-bond acceptors (Lipinski definition) is 5. The van der Waals surface area contributed by atoms with Crippen LogP contribution in [0, 0.1) is 5.92 Å². The Morgan fingerprint density at radius 1 is 1.25 bits per heavy atom. The molecule has 0 aliphatic carbocycles. The largest absolute Gasteiger partial charge is 0.481 e. The average molecular weight is 459 g/mol. The molecule has 0 amide bonds. The van der Waals surface area contributed by atoms with Crippen molar-refractivity contribution in [3.8, 4) is 0 Å². The number of carboxylic acid groups (broad SMARTS) is 1. The number of benzene rings is 1. The molecule has 0 spiro atoms. The van der Waals surface area contributed by atoms with Gasteiger partial charge in [-0.2, -0.15) is 0 Å². The molecule has 8 heteroatoms. The molecule has 0 bridgehead atoms. The van der Waals surface area contributed by atoms with E-state index in [-0.39, 0.29) is 24.5 Å². The van der Waals surface area contributed by atoms with Gasteiger partial charge in [0, 0.05) is 53.6 Å². The van der Waals surface area contributed by atoms with E-state index >= 15 is 0 Å². The van der Waals surface area contributed by atoms with Crippen LogP contribution in [0.3, 0.4) is 0 Å². The van der Waals surface area contributed by atoms with E-state index in [1.165, 1.54) is 6.20 Å². The number of aliphatic carboxylic acids is 1. The van der Waals surface area contributed by atoms with Gasteiger partial charge in [0.15, 0.2) is 5.78 Å². The van der Waals surface area contributed by atoms with Crippen molar-refractivity contribution in [1.82, 2.24) is 9.88 Å². The van der Waals surface area contributed by atoms with Crippen LogP contribution in [0.5, 0.6) is 0 Å². The summed E-state index contributed by atoms with van der Waals surface area (Å²) in [6.07, 6.45) is 5.23. The van der Waals surface area contributed by atoms with Crippen LogP contribution in [-0.4, -0.2) is 41.4 Å². The fourth-order valence-corrected chi connectivity index (χ4v) is 4.07. The minimum absolute atomic E-state index is 0.0308. The Labute approximate surface area is 193 Å². The molecule has 0 saturated carbocycles. The van der Waals surface area contributed by atoms with E-state index in [0.29, 0.717) is 16.4 Å². The third kappa shape index (κ3) is 6.79. The summed E-state index contributed by atoms with van der Waals surface area (Å²) in [7, 11) is 1.96. The number of nitrogens with zero attached hydrogens (tertiary/aromatic N) is 3. The third-order valence-corrected chi connectivity index (χ3v) is 5.63. The van der Waals surface area contributed by atoms with Crippen LogP contribution < -0.4 is 5.32 Å². The van der Waals surface area contributed by atoms with Crippen molar-refractivity contribution in [2.24, 2.45) is 23.0 Å². The van der Waals surface area contributed by atoms with Crippen molar-refractivity contribution in [2.45, 2.75) is 45.4 Å². The maximum atomic E-state index is 13.2. The fourth-order valence-electron chi connectivity index (χ4n) is 3.90. The number of aliphatic imine (C=N–C) groups is 2. The van der Waals surface area contributed by atoms with E-state index in [4.69, 9.17) is 16.7 Å². The molecule has 0 radical (unpaired) electrons. The first-order valence-electron chi connectivity index (χ1n) is 10.7. The van der Waals surface area contributed by atoms with Gasteiger partial charge in [-0.15, -0.1) is 0 Å². The van der Waals surface area contributed by atoms with Gasteiger partial charge in [0.25, 0.3) is 0 Å². The summed E-state index contributed by atoms with van der Waals surface area (Å²) >= 11 is 6.22. The standard InChI is InChI=1S/C24H31ClN4O3/c1-16(13-23(31)32)12-21(30)24-18-14-17(25)9-10-19(18)29(4)20(24)8-6-5-7-11-28-22(27-3)15-26-2/h9-10,14-16,28H,2-3,5-8,11-13H2,1,4H3,(H,31,32)/b22-15+/t16-/m0/s1. The van der Waals surface area contributed by atoms with Crippen LogP contribution in [0.1, 0.15) is 55.1 Å². The summed E-state index contributed by atoms with van der Waals surface area (Å²) < 4.78 is 2.05. The van der Waals surface area contributed by atoms with E-state index in [1.807, 2.05) is 25.2 Å². The lowest BCUT2D eigenvalue weighted by Gasteiger charge is -2.11. The minimum atomic E-state index is -0.895. The topological polar surface area (TPSA) is 96.1 Å². The molecule has 172 valence electrons. The molecule has 1 atom stereocenters. The SMILES string of the molecule is C=N/C=C(\N=C)NCCCCCc1c(C(=O)C[C@H](C)CC(=O)O)c2cc(Cl)ccc2n1C. The first-order chi connectivity index (χ1) is 15.3. The van der Waals surface area contributed by atoms with Gasteiger partial charge in [0.2, 0.25) is 0 Å². The fraction of sp³-hybridized carbons (Fsp3) is 0.417. The molecular weight excluding hydrogens is 428 g/mol. The maximum absolute atomic E-state index is 13.2. The summed E-state index contributed by atoms with van der Waals surface area (Å²) in [5, 5.41) is 13.6. The molecular formula is C24H31ClN4O3. The Hall–Kier alpha value is -2.93. The lowest BCUT2D eigenvalue weighted by Crippen LogP contribution is -2.13. The van der Waals surface area contributed by atoms with Crippen LogP contribution in [0.15, 0.2) is 40.2 Å².